The van der Waals surface area contributed by atoms with Gasteiger partial charge in [0.05, 0.1) is 0 Å². The van der Waals surface area contributed by atoms with Gasteiger partial charge < -0.3 is 4.90 Å². The van der Waals surface area contributed by atoms with Crippen LogP contribution in [0.5, 0.6) is 0 Å². The normalized spacial score (nSPS) is 15.8. The van der Waals surface area contributed by atoms with E-state index in [1.54, 1.807) is 0 Å². The van der Waals surface area contributed by atoms with E-state index >= 15 is 0 Å². The van der Waals surface area contributed by atoms with E-state index < -0.39 is 0 Å². The second-order valence-corrected chi connectivity index (χ2v) is 5.99. The highest BCUT2D eigenvalue weighted by atomic mass is 16.1. The van der Waals surface area contributed by atoms with E-state index in [0.29, 0.717) is 18.1 Å². The van der Waals surface area contributed by atoms with E-state index in [4.69, 9.17) is 0 Å². The van der Waals surface area contributed by atoms with Crippen LogP contribution >= 0.6 is 0 Å². The van der Waals surface area contributed by atoms with Crippen molar-refractivity contribution in [1.82, 2.24) is 0 Å². The molecule has 0 atom stereocenters. The highest BCUT2D eigenvalue weighted by Crippen LogP contribution is 2.29. The second-order valence-electron chi connectivity index (χ2n) is 5.99. The summed E-state index contributed by atoms with van der Waals surface area (Å²) in [5.41, 5.74) is 4.13. The Morgan fingerprint density at radius 2 is 1.50 bits per heavy atom. The number of benzene rings is 2. The largest absolute Gasteiger partial charge is 0.371 e. The number of fused-ring (bicyclic) bond motifs is 1. The van der Waals surface area contributed by atoms with Crippen LogP contribution in [0.1, 0.15) is 26.2 Å². The molecule has 0 saturated carbocycles. The number of carbonyl (C=O) groups excluding carboxylic acids is 1. The van der Waals surface area contributed by atoms with Gasteiger partial charge in [0.25, 0.3) is 0 Å². The highest BCUT2D eigenvalue weighted by Gasteiger charge is 2.23. The van der Waals surface area contributed by atoms with Crippen LogP contribution < -0.4 is 4.90 Å². The van der Waals surface area contributed by atoms with E-state index in [0.717, 1.165) is 25.9 Å². The third-order valence-electron chi connectivity index (χ3n) is 4.64. The zero-order valence-electron chi connectivity index (χ0n) is 13.2. The van der Waals surface area contributed by atoms with Crippen LogP contribution in [0.15, 0.2) is 54.6 Å². The third kappa shape index (κ3) is 3.22. The maximum absolute atomic E-state index is 11.6. The van der Waals surface area contributed by atoms with Crippen molar-refractivity contribution in [2.75, 3.05) is 18.0 Å². The van der Waals surface area contributed by atoms with Crippen molar-refractivity contribution < 1.29 is 4.79 Å². The molecule has 0 aromatic heterocycles. The van der Waals surface area contributed by atoms with Gasteiger partial charge in [0, 0.05) is 31.1 Å². The quantitative estimate of drug-likeness (QED) is 0.706. The number of hydrogen-bond acceptors (Lipinski definition) is 2. The molecule has 1 heterocycles. The van der Waals surface area contributed by atoms with Gasteiger partial charge in [0.15, 0.2) is 0 Å². The Labute approximate surface area is 132 Å². The molecule has 1 aromatic carbocycles. The lowest BCUT2D eigenvalue weighted by molar-refractivity contribution is -0.123. The Morgan fingerprint density at radius 3 is 1.91 bits per heavy atom. The molecule has 114 valence electrons. The minimum Gasteiger partial charge on any atom is -0.371 e. The van der Waals surface area contributed by atoms with Gasteiger partial charge in [-0.2, -0.15) is 0 Å². The number of anilines is 1. The first-order chi connectivity index (χ1) is 10.8. The van der Waals surface area contributed by atoms with Crippen LogP contribution in [0.4, 0.5) is 5.69 Å². The lowest BCUT2D eigenvalue weighted by Gasteiger charge is -2.32. The average Bonchev–Trinajstić information content (AvgIpc) is 2.59. The Kier molecular flexibility index (Phi) is 4.57. The number of carbonyl (C=O) groups is 1. The number of piperidine rings is 1. The molecule has 2 aliphatic carbocycles. The highest BCUT2D eigenvalue weighted by molar-refractivity contribution is 5.81. The van der Waals surface area contributed by atoms with Gasteiger partial charge in [0.1, 0.15) is 5.78 Å². The molecule has 0 amide bonds. The summed E-state index contributed by atoms with van der Waals surface area (Å²) < 4.78 is 0. The number of ketones is 1. The molecule has 2 nitrogen and oxygen atoms in total. The fraction of sp³-hybridized carbons (Fsp3) is 0.350. The second kappa shape index (κ2) is 6.78. The van der Waals surface area contributed by atoms with E-state index in [-0.39, 0.29) is 0 Å². The standard InChI is InChI=1S/C14H19NO.C6H4/c1-2-14(16)12-8-10-15(11-9-12)13-6-4-3-5-7-13;1-2-6-4-3-5(1)6/h3-7,12H,2,8-11H2,1H3;1-4H. The van der Waals surface area contributed by atoms with Crippen molar-refractivity contribution in [2.45, 2.75) is 26.2 Å². The number of rotatable bonds is 3. The van der Waals surface area contributed by atoms with Crippen LogP contribution in [-0.2, 0) is 4.79 Å². The summed E-state index contributed by atoms with van der Waals surface area (Å²) in [6.45, 7) is 3.99. The van der Waals surface area contributed by atoms with E-state index in [1.807, 2.05) is 13.0 Å². The van der Waals surface area contributed by atoms with Crippen molar-refractivity contribution in [2.24, 2.45) is 5.92 Å². The van der Waals surface area contributed by atoms with Gasteiger partial charge in [-0.05, 0) is 36.1 Å². The monoisotopic (exact) mass is 293 g/mol. The minimum absolute atomic E-state index is 0.310. The molecule has 0 N–H and O–H groups in total. The van der Waals surface area contributed by atoms with Crippen molar-refractivity contribution in [3.63, 3.8) is 0 Å². The first kappa shape index (κ1) is 14.8. The fourth-order valence-electron chi connectivity index (χ4n) is 3.05. The predicted octanol–water partition coefficient (Wildman–Crippen LogP) is 4.55. The van der Waals surface area contributed by atoms with Crippen molar-refractivity contribution in [3.05, 3.63) is 54.6 Å². The Hall–Kier alpha value is -2.09. The molecule has 1 fully saturated rings. The van der Waals surface area contributed by atoms with Crippen LogP contribution in [-0.4, -0.2) is 18.9 Å². The van der Waals surface area contributed by atoms with Crippen molar-refractivity contribution >= 4 is 11.5 Å². The summed E-state index contributed by atoms with van der Waals surface area (Å²) in [6.07, 6.45) is 2.72. The molecule has 0 bridgehead atoms. The molecule has 0 unspecified atom stereocenters. The summed E-state index contributed by atoms with van der Waals surface area (Å²) in [7, 11) is 0. The lowest BCUT2D eigenvalue weighted by atomic mass is 9.91. The zero-order chi connectivity index (χ0) is 15.4. The van der Waals surface area contributed by atoms with E-state index in [9.17, 15) is 4.79 Å². The van der Waals surface area contributed by atoms with Gasteiger partial charge in [0.2, 0.25) is 0 Å². The molecule has 1 saturated heterocycles. The lowest BCUT2D eigenvalue weighted by Crippen LogP contribution is -2.36. The molecule has 1 aromatic rings. The van der Waals surface area contributed by atoms with Gasteiger partial charge in [-0.25, -0.2) is 0 Å². The Morgan fingerprint density at radius 1 is 0.955 bits per heavy atom. The van der Waals surface area contributed by atoms with Crippen LogP contribution in [0.2, 0.25) is 0 Å². The molecule has 0 radical (unpaired) electrons. The average molecular weight is 293 g/mol. The molecule has 0 spiro atoms. The smallest absolute Gasteiger partial charge is 0.135 e. The molecule has 1 aliphatic heterocycles. The molecular weight excluding hydrogens is 270 g/mol. The summed E-state index contributed by atoms with van der Waals surface area (Å²) in [6, 6.07) is 18.9. The van der Waals surface area contributed by atoms with Gasteiger partial charge in [-0.1, -0.05) is 49.4 Å². The number of para-hydroxylation sites is 1. The summed E-state index contributed by atoms with van der Waals surface area (Å²) in [5.74, 6) is 0.748. The van der Waals surface area contributed by atoms with Gasteiger partial charge in [-0.3, -0.25) is 4.79 Å². The Balaban J connectivity index is 0.000000196. The zero-order valence-corrected chi connectivity index (χ0v) is 13.2. The van der Waals surface area contributed by atoms with E-state index in [1.165, 1.54) is 16.8 Å². The van der Waals surface area contributed by atoms with Crippen LogP contribution in [0, 0.1) is 5.92 Å². The molecule has 2 heteroatoms. The van der Waals surface area contributed by atoms with E-state index in [2.05, 4.69) is 53.4 Å². The molecular formula is C20H23NO. The topological polar surface area (TPSA) is 20.3 Å². The third-order valence-corrected chi connectivity index (χ3v) is 4.64. The summed E-state index contributed by atoms with van der Waals surface area (Å²) >= 11 is 0. The van der Waals surface area contributed by atoms with Gasteiger partial charge >= 0.3 is 0 Å². The first-order valence-corrected chi connectivity index (χ1v) is 8.21. The summed E-state index contributed by atoms with van der Waals surface area (Å²) in [4.78, 5) is 14.0. The minimum atomic E-state index is 0.310. The number of Topliss-reactive ketones (excluding diaryl/α,β-unsaturated/α-hetero) is 1. The SMILES string of the molecule is CCC(=O)C1CCN(c2ccccc2)CC1.c1cc2ccc1-2. The molecule has 3 aliphatic rings. The summed E-state index contributed by atoms with van der Waals surface area (Å²) in [5, 5.41) is 0. The van der Waals surface area contributed by atoms with Crippen LogP contribution in [0.3, 0.4) is 0 Å². The maximum atomic E-state index is 11.6. The molecule has 22 heavy (non-hydrogen) atoms. The predicted molar refractivity (Wildman–Crippen MR) is 92.1 cm³/mol. The first-order valence-electron chi connectivity index (χ1n) is 8.21. The molecule has 4 rings (SSSR count). The number of nitrogens with zero attached hydrogens (tertiary/aromatic N) is 1. The van der Waals surface area contributed by atoms with Gasteiger partial charge in [-0.15, -0.1) is 0 Å². The number of hydrogen-bond donors (Lipinski definition) is 0. The maximum Gasteiger partial charge on any atom is 0.135 e. The van der Waals surface area contributed by atoms with Crippen molar-refractivity contribution in [1.29, 1.82) is 0 Å². The van der Waals surface area contributed by atoms with Crippen LogP contribution in [0.25, 0.3) is 11.1 Å². The van der Waals surface area contributed by atoms with Crippen molar-refractivity contribution in [3.8, 4) is 11.1 Å². The fourth-order valence-corrected chi connectivity index (χ4v) is 3.05. The Bertz CT molecular complexity index is 589.